The molecular weight excluding hydrogens is 436 g/mol. The largest absolute Gasteiger partial charge is 0.298 e. The number of carbonyl (C=O) groups is 1. The minimum Gasteiger partial charge on any atom is -0.298 e. The Kier molecular flexibility index (Phi) is 5.10. The van der Waals surface area contributed by atoms with Crippen LogP contribution in [0.2, 0.25) is 5.02 Å². The van der Waals surface area contributed by atoms with Crippen molar-refractivity contribution in [1.29, 1.82) is 0 Å². The molecule has 0 saturated carbocycles. The molecule has 8 heteroatoms. The van der Waals surface area contributed by atoms with E-state index in [2.05, 4.69) is 18.3 Å². The second-order valence-corrected chi connectivity index (χ2v) is 9.30. The molecule has 1 aromatic heterocycles. The summed E-state index contributed by atoms with van der Waals surface area (Å²) in [6.45, 7) is 2.06. The van der Waals surface area contributed by atoms with Crippen molar-refractivity contribution in [3.63, 3.8) is 0 Å². The molecule has 1 unspecified atom stereocenters. The van der Waals surface area contributed by atoms with Crippen molar-refractivity contribution >= 4 is 51.5 Å². The van der Waals surface area contributed by atoms with Crippen molar-refractivity contribution in [2.75, 3.05) is 0 Å². The van der Waals surface area contributed by atoms with Crippen LogP contribution in [0.5, 0.6) is 0 Å². The number of nitrogens with one attached hydrogen (secondary N) is 1. The minimum atomic E-state index is -0.355. The highest BCUT2D eigenvalue weighted by molar-refractivity contribution is 8.13. The van der Waals surface area contributed by atoms with Crippen molar-refractivity contribution in [2.45, 2.75) is 18.8 Å². The Bertz CT molecular complexity index is 1280. The summed E-state index contributed by atoms with van der Waals surface area (Å²) >= 11 is 9.08. The third-order valence-electron chi connectivity index (χ3n) is 4.94. The van der Waals surface area contributed by atoms with Crippen LogP contribution >= 0.6 is 34.7 Å². The first-order valence-corrected chi connectivity index (χ1v) is 11.6. The molecule has 1 amide bonds. The smallest absolute Gasteiger partial charge is 0.276 e. The first kappa shape index (κ1) is 19.4. The van der Waals surface area contributed by atoms with E-state index in [0.29, 0.717) is 21.6 Å². The highest BCUT2D eigenvalue weighted by atomic mass is 35.5. The molecule has 5 rings (SSSR count). The molecule has 150 valence electrons. The lowest BCUT2D eigenvalue weighted by Crippen LogP contribution is -2.50. The number of fused-ring (bicyclic) bond motifs is 2. The topological polar surface area (TPSA) is 57.1 Å². The van der Waals surface area contributed by atoms with Gasteiger partial charge in [0.1, 0.15) is 5.70 Å². The minimum absolute atomic E-state index is 0.162. The van der Waals surface area contributed by atoms with Gasteiger partial charge < -0.3 is 0 Å². The number of thiophene rings is 1. The van der Waals surface area contributed by atoms with Crippen LogP contribution < -0.4 is 15.9 Å². The number of rotatable bonds is 3. The summed E-state index contributed by atoms with van der Waals surface area (Å²) in [6.07, 6.45) is -0.355. The molecule has 0 bridgehead atoms. The standard InChI is InChI=1S/C22H17ClN4OS2/c1-13-10-11-29-19(13)20-24-17-5-3-2-4-16(17)18-21(28)25-22(26-27(18)20)30-12-14-6-8-15(23)9-7-14/h2-11,20H,12H2,1H3,(H,25,26,28). The van der Waals surface area contributed by atoms with Crippen molar-refractivity contribution in [3.8, 4) is 0 Å². The quantitative estimate of drug-likeness (QED) is 0.657. The number of hydrogen-bond donors (Lipinski definition) is 1. The molecular formula is C22H17ClN4OS2. The zero-order valence-electron chi connectivity index (χ0n) is 16.0. The Hall–Kier alpha value is -2.61. The number of para-hydroxylation sites is 1. The van der Waals surface area contributed by atoms with E-state index in [1.165, 1.54) is 11.8 Å². The van der Waals surface area contributed by atoms with Gasteiger partial charge in [0, 0.05) is 16.0 Å². The van der Waals surface area contributed by atoms with Gasteiger partial charge in [-0.2, -0.15) is 0 Å². The average molecular weight is 453 g/mol. The summed E-state index contributed by atoms with van der Waals surface area (Å²) in [5.41, 5.74) is 2.79. The van der Waals surface area contributed by atoms with E-state index < -0.39 is 0 Å². The summed E-state index contributed by atoms with van der Waals surface area (Å²) in [4.78, 5) is 19.1. The van der Waals surface area contributed by atoms with E-state index in [1.807, 2.05) is 53.9 Å². The van der Waals surface area contributed by atoms with E-state index >= 15 is 0 Å². The molecule has 30 heavy (non-hydrogen) atoms. The Morgan fingerprint density at radius 3 is 2.73 bits per heavy atom. The Morgan fingerprint density at radius 1 is 1.17 bits per heavy atom. The molecule has 2 aliphatic rings. The lowest BCUT2D eigenvalue weighted by atomic mass is 10.1. The van der Waals surface area contributed by atoms with Gasteiger partial charge in [-0.3, -0.25) is 15.1 Å². The Morgan fingerprint density at radius 2 is 1.97 bits per heavy atom. The van der Waals surface area contributed by atoms with Crippen LogP contribution in [0.25, 0.3) is 5.70 Å². The second kappa shape index (κ2) is 7.91. The maximum Gasteiger partial charge on any atom is 0.276 e. The van der Waals surface area contributed by atoms with Gasteiger partial charge in [0.2, 0.25) is 0 Å². The number of halogens is 1. The summed E-state index contributed by atoms with van der Waals surface area (Å²) in [5.74, 6) is 0.515. The van der Waals surface area contributed by atoms with Crippen molar-refractivity contribution in [2.24, 2.45) is 10.1 Å². The van der Waals surface area contributed by atoms with E-state index in [-0.39, 0.29) is 12.1 Å². The number of hydrogen-bond acceptors (Lipinski definition) is 6. The van der Waals surface area contributed by atoms with E-state index in [0.717, 1.165) is 26.6 Å². The molecule has 3 heterocycles. The summed E-state index contributed by atoms with van der Waals surface area (Å²) in [5, 5.41) is 14.4. The average Bonchev–Trinajstić information content (AvgIpc) is 3.18. The third-order valence-corrected chi connectivity index (χ3v) is 7.19. The summed E-state index contributed by atoms with van der Waals surface area (Å²) < 4.78 is 0. The molecule has 0 fully saturated rings. The zero-order valence-corrected chi connectivity index (χ0v) is 18.4. The number of nitrogens with zero attached hydrogens (tertiary/aromatic N) is 3. The predicted molar refractivity (Wildman–Crippen MR) is 123 cm³/mol. The maximum absolute atomic E-state index is 13.1. The third kappa shape index (κ3) is 3.53. The first-order chi connectivity index (χ1) is 14.6. The number of carbonyl (C=O) groups excluding carboxylic acids is 1. The van der Waals surface area contributed by atoms with Crippen LogP contribution in [0.4, 0.5) is 0 Å². The maximum atomic E-state index is 13.1. The number of hydrazone groups is 1. The van der Waals surface area contributed by atoms with Crippen LogP contribution in [-0.4, -0.2) is 16.1 Å². The molecule has 3 aromatic rings. The molecule has 0 aliphatic carbocycles. The molecule has 0 saturated heterocycles. The lowest BCUT2D eigenvalue weighted by Gasteiger charge is -2.33. The zero-order chi connectivity index (χ0) is 20.7. The van der Waals surface area contributed by atoms with Gasteiger partial charge in [-0.1, -0.05) is 53.7 Å². The lowest BCUT2D eigenvalue weighted by molar-refractivity contribution is -0.116. The first-order valence-electron chi connectivity index (χ1n) is 9.38. The number of thioether (sulfide) groups is 1. The van der Waals surface area contributed by atoms with E-state index in [1.54, 1.807) is 16.3 Å². The van der Waals surface area contributed by atoms with Gasteiger partial charge in [-0.15, -0.1) is 16.4 Å². The number of amidine groups is 1. The normalized spacial score (nSPS) is 17.6. The predicted octanol–water partition coefficient (Wildman–Crippen LogP) is 3.79. The van der Waals surface area contributed by atoms with Gasteiger partial charge in [0.05, 0.1) is 10.2 Å². The van der Waals surface area contributed by atoms with Crippen LogP contribution in [0.15, 0.2) is 70.1 Å². The number of aryl methyl sites for hydroxylation is 1. The van der Waals surface area contributed by atoms with Crippen molar-refractivity contribution in [1.82, 2.24) is 10.3 Å². The van der Waals surface area contributed by atoms with Crippen LogP contribution in [0.3, 0.4) is 0 Å². The fraction of sp³-hybridized carbons (Fsp3) is 0.136. The van der Waals surface area contributed by atoms with Gasteiger partial charge in [-0.05, 0) is 47.7 Å². The van der Waals surface area contributed by atoms with E-state index in [9.17, 15) is 4.79 Å². The highest BCUT2D eigenvalue weighted by Gasteiger charge is 2.35. The fourth-order valence-corrected chi connectivity index (χ4v) is 5.32. The number of benzene rings is 2. The molecule has 5 nitrogen and oxygen atoms in total. The van der Waals surface area contributed by atoms with Gasteiger partial charge in [0.25, 0.3) is 5.91 Å². The Balaban J connectivity index is 1.55. The summed E-state index contributed by atoms with van der Waals surface area (Å²) in [7, 11) is 0. The molecule has 2 aliphatic heterocycles. The molecule has 1 atom stereocenters. The van der Waals surface area contributed by atoms with Crippen LogP contribution in [0, 0.1) is 6.92 Å². The SMILES string of the molecule is Cc1ccsc1C1N=c2ccccc2=C2C(=O)NC(SCc3ccc(Cl)cc3)=NN21. The highest BCUT2D eigenvalue weighted by Crippen LogP contribution is 2.35. The van der Waals surface area contributed by atoms with Crippen LogP contribution in [-0.2, 0) is 10.5 Å². The van der Waals surface area contributed by atoms with Gasteiger partial charge in [0.15, 0.2) is 11.3 Å². The fourth-order valence-electron chi connectivity index (χ4n) is 3.44. The second-order valence-electron chi connectivity index (χ2n) is 6.96. The molecule has 0 spiro atoms. The monoisotopic (exact) mass is 452 g/mol. The van der Waals surface area contributed by atoms with Crippen LogP contribution in [0.1, 0.15) is 22.2 Å². The molecule has 0 radical (unpaired) electrons. The number of amides is 1. The van der Waals surface area contributed by atoms with Crippen molar-refractivity contribution in [3.05, 3.63) is 91.6 Å². The van der Waals surface area contributed by atoms with Gasteiger partial charge >= 0.3 is 0 Å². The van der Waals surface area contributed by atoms with Gasteiger partial charge in [-0.25, -0.2) is 5.01 Å². The summed E-state index contributed by atoms with van der Waals surface area (Å²) in [6, 6.07) is 17.5. The molecule has 1 N–H and O–H groups in total. The Labute approximate surface area is 186 Å². The van der Waals surface area contributed by atoms with Crippen molar-refractivity contribution < 1.29 is 4.79 Å². The molecule has 2 aromatic carbocycles. The van der Waals surface area contributed by atoms with E-state index in [4.69, 9.17) is 21.7 Å².